The maximum Gasteiger partial charge on any atom is 0.251 e. The van der Waals surface area contributed by atoms with E-state index in [9.17, 15) is 19.8 Å². The van der Waals surface area contributed by atoms with E-state index in [2.05, 4.69) is 92.1 Å². The first-order chi connectivity index (χ1) is 32.4. The van der Waals surface area contributed by atoms with Gasteiger partial charge in [0.15, 0.2) is 0 Å². The highest BCUT2D eigenvalue weighted by Crippen LogP contribution is 2.43. The summed E-state index contributed by atoms with van der Waals surface area (Å²) in [5, 5.41) is 25.7. The van der Waals surface area contributed by atoms with Gasteiger partial charge in [0.2, 0.25) is 0 Å². The Balaban J connectivity index is 0.000000127. The zero-order valence-corrected chi connectivity index (χ0v) is 40.4. The predicted molar refractivity (Wildman–Crippen MR) is 264 cm³/mol. The van der Waals surface area contributed by atoms with Crippen molar-refractivity contribution in [1.29, 1.82) is 0 Å². The largest absolute Gasteiger partial charge is 0.384 e. The second-order valence-corrected chi connectivity index (χ2v) is 20.1. The highest BCUT2D eigenvalue weighted by atomic mass is 35.5. The zero-order valence-electron chi connectivity index (χ0n) is 39.6. The number of halogens is 1. The lowest BCUT2D eigenvalue weighted by atomic mass is 10.0. The molecule has 11 atom stereocenters. The third kappa shape index (κ3) is 9.17. The Bertz CT molecular complexity index is 2520. The first-order valence-corrected chi connectivity index (χ1v) is 24.1. The summed E-state index contributed by atoms with van der Waals surface area (Å²) < 4.78 is 0. The number of nitrogens with zero attached hydrogens (tertiary/aromatic N) is 11. The number of fused-ring (bicyclic) bond motifs is 6. The third-order valence-corrected chi connectivity index (χ3v) is 16.1. The molecule has 3 aliphatic carbocycles. The fourth-order valence-electron chi connectivity index (χ4n) is 12.4. The van der Waals surface area contributed by atoms with Crippen LogP contribution >= 0.6 is 12.4 Å². The number of aliphatic hydroxyl groups is 2. The quantitative estimate of drug-likeness (QED) is 0.128. The number of aromatic amines is 3. The number of anilines is 3. The zero-order chi connectivity index (χ0) is 46.5. The number of carbonyl (C=O) groups is 2. The van der Waals surface area contributed by atoms with Gasteiger partial charge in [0, 0.05) is 84.0 Å². The Labute approximate surface area is 402 Å². The number of H-pyrrole nitrogens is 3. The molecule has 2 amide bonds. The van der Waals surface area contributed by atoms with Crippen molar-refractivity contribution in [3.05, 3.63) is 55.8 Å². The van der Waals surface area contributed by atoms with Crippen LogP contribution in [0, 0.1) is 35.5 Å². The number of amides is 2. The van der Waals surface area contributed by atoms with Crippen molar-refractivity contribution < 1.29 is 19.8 Å². The summed E-state index contributed by atoms with van der Waals surface area (Å²) >= 11 is 0. The van der Waals surface area contributed by atoms with Gasteiger partial charge in [-0.2, -0.15) is 0 Å². The summed E-state index contributed by atoms with van der Waals surface area (Å²) in [5.41, 5.74) is 2.65. The number of rotatable bonds is 8. The highest BCUT2D eigenvalue weighted by Gasteiger charge is 2.46. The summed E-state index contributed by atoms with van der Waals surface area (Å²) in [4.78, 5) is 70.1. The van der Waals surface area contributed by atoms with Crippen LogP contribution in [0.3, 0.4) is 0 Å². The summed E-state index contributed by atoms with van der Waals surface area (Å²) in [6.07, 6.45) is 15.6. The van der Waals surface area contributed by atoms with Crippen molar-refractivity contribution >= 4 is 74.8 Å². The lowest BCUT2D eigenvalue weighted by Crippen LogP contribution is -2.38. The van der Waals surface area contributed by atoms with E-state index in [1.807, 2.05) is 40.5 Å². The molecule has 6 aromatic rings. The first-order valence-electron chi connectivity index (χ1n) is 24.1. The Hall–Kier alpha value is -5.63. The summed E-state index contributed by atoms with van der Waals surface area (Å²) in [6, 6.07) is 7.57. The molecule has 3 aliphatic heterocycles. The van der Waals surface area contributed by atoms with Gasteiger partial charge in [-0.05, 0) is 119 Å². The molecular formula is C48H66ClN15O4. The molecule has 0 spiro atoms. The second-order valence-electron chi connectivity index (χ2n) is 20.1. The van der Waals surface area contributed by atoms with Gasteiger partial charge in [-0.15, -0.1) is 12.4 Å². The van der Waals surface area contributed by atoms with Crippen molar-refractivity contribution in [3.8, 4) is 0 Å². The van der Waals surface area contributed by atoms with E-state index < -0.39 is 12.2 Å². The van der Waals surface area contributed by atoms with E-state index in [-0.39, 0.29) is 24.2 Å². The van der Waals surface area contributed by atoms with Gasteiger partial charge < -0.3 is 55.0 Å². The van der Waals surface area contributed by atoms with Crippen LogP contribution < -0.4 is 20.0 Å². The lowest BCUT2D eigenvalue weighted by molar-refractivity contribution is -0.139. The Kier molecular flexibility index (Phi) is 13.8. The molecule has 19 nitrogen and oxygen atoms in total. The van der Waals surface area contributed by atoms with Crippen LogP contribution in [0.2, 0.25) is 0 Å². The van der Waals surface area contributed by atoms with E-state index in [0.717, 1.165) is 114 Å². The number of hydrogen-bond acceptors (Lipinski definition) is 14. The molecule has 3 saturated carbocycles. The minimum absolute atomic E-state index is 0. The molecule has 3 saturated heterocycles. The molecule has 6 aromatic heterocycles. The molecule has 3 unspecified atom stereocenters. The van der Waals surface area contributed by atoms with E-state index >= 15 is 0 Å². The average molecular weight is 953 g/mol. The van der Waals surface area contributed by atoms with Crippen LogP contribution in [0.4, 0.5) is 17.5 Å². The predicted octanol–water partition coefficient (Wildman–Crippen LogP) is 3.84. The molecule has 364 valence electrons. The second kappa shape index (κ2) is 19.8. The number of aromatic nitrogens is 9. The normalized spacial score (nSPS) is 27.7. The van der Waals surface area contributed by atoms with Crippen molar-refractivity contribution in [3.63, 3.8) is 0 Å². The Morgan fingerprint density at radius 1 is 0.529 bits per heavy atom. The third-order valence-electron chi connectivity index (χ3n) is 16.1. The van der Waals surface area contributed by atoms with E-state index in [4.69, 9.17) is 0 Å². The maximum absolute atomic E-state index is 12.0. The molecular weight excluding hydrogens is 886 g/mol. The molecule has 6 aliphatic rings. The minimum atomic E-state index is -0.898. The molecule has 20 heteroatoms. The SMILES string of the molecule is CN(c1ncnc2[nH]ccc12)C1C[C@H]2CNC[C@H]2C1.C[C@H](O)C(=O)N1C[C@H]2CC(N(C)c3ncnc4[nH]ccc34)C[C@H]2C1.C[C@H](O)C(=O)N1C[C@H]2CC(N(C)c3ncnc4[nH]ccc34)C[C@H]2C1.Cl. The molecule has 6 fully saturated rings. The first kappa shape index (κ1) is 47.4. The summed E-state index contributed by atoms with van der Waals surface area (Å²) in [7, 11) is 6.37. The molecule has 0 aromatic carbocycles. The molecule has 6 N–H and O–H groups in total. The lowest BCUT2D eigenvalue weighted by Gasteiger charge is -2.28. The highest BCUT2D eigenvalue weighted by molar-refractivity contribution is 5.89. The van der Waals surface area contributed by atoms with Crippen LogP contribution in [0.25, 0.3) is 33.1 Å². The average Bonchev–Trinajstić information content (AvgIpc) is 4.16. The van der Waals surface area contributed by atoms with Crippen LogP contribution in [-0.2, 0) is 9.59 Å². The van der Waals surface area contributed by atoms with Gasteiger partial charge in [0.1, 0.15) is 65.6 Å². The van der Waals surface area contributed by atoms with Crippen molar-refractivity contribution in [1.82, 2.24) is 60.0 Å². The Morgan fingerprint density at radius 3 is 1.12 bits per heavy atom. The molecule has 0 bridgehead atoms. The minimum Gasteiger partial charge on any atom is -0.384 e. The topological polar surface area (TPSA) is 228 Å². The summed E-state index contributed by atoms with van der Waals surface area (Å²) in [5.74, 6) is 6.49. The van der Waals surface area contributed by atoms with Crippen LogP contribution in [0.15, 0.2) is 55.8 Å². The van der Waals surface area contributed by atoms with Gasteiger partial charge in [-0.3, -0.25) is 9.59 Å². The van der Waals surface area contributed by atoms with E-state index in [1.165, 1.54) is 25.9 Å². The van der Waals surface area contributed by atoms with Gasteiger partial charge >= 0.3 is 0 Å². The number of carbonyl (C=O) groups excluding carboxylic acids is 2. The monoisotopic (exact) mass is 952 g/mol. The van der Waals surface area contributed by atoms with Gasteiger partial charge in [0.25, 0.3) is 11.8 Å². The molecule has 0 radical (unpaired) electrons. The van der Waals surface area contributed by atoms with Gasteiger partial charge in [0.05, 0.1) is 16.2 Å². The molecule has 9 heterocycles. The van der Waals surface area contributed by atoms with Gasteiger partial charge in [-0.1, -0.05) is 0 Å². The fraction of sp³-hybridized carbons (Fsp3) is 0.583. The summed E-state index contributed by atoms with van der Waals surface area (Å²) in [6.45, 7) is 8.54. The smallest absolute Gasteiger partial charge is 0.251 e. The number of hydrogen-bond donors (Lipinski definition) is 6. The maximum atomic E-state index is 12.0. The van der Waals surface area contributed by atoms with E-state index in [1.54, 1.807) is 32.8 Å². The van der Waals surface area contributed by atoms with Crippen LogP contribution in [0.1, 0.15) is 52.4 Å². The van der Waals surface area contributed by atoms with Crippen molar-refractivity contribution in [2.24, 2.45) is 35.5 Å². The van der Waals surface area contributed by atoms with Crippen LogP contribution in [-0.4, -0.2) is 167 Å². The Morgan fingerprint density at radius 2 is 0.824 bits per heavy atom. The van der Waals surface area contributed by atoms with Crippen molar-refractivity contribution in [2.75, 3.05) is 75.1 Å². The number of nitrogens with one attached hydrogen (secondary N) is 4. The molecule has 68 heavy (non-hydrogen) atoms. The number of likely N-dealkylation sites (tertiary alicyclic amines) is 2. The van der Waals surface area contributed by atoms with Crippen molar-refractivity contribution in [2.45, 2.75) is 82.7 Å². The standard InChI is InChI=1S/2C17H23N5O2.C14H19N5.ClH/c2*1-10(23)17(24)22-7-11-5-13(6-12(11)8-22)21(2)16-14-3-4-18-15(14)19-9-20-16;1-19(11-4-9-6-15-7-10(9)5-11)14-12-2-3-16-13(12)17-8-18-14;/h2*3-4,9-13,23H,5-8H2,1-2H3,(H,18,19,20);2-3,8-11,15H,4-7H2,1H3,(H,16,17,18);1H/t2*10-,11-,12+,13?;9-,10+,11?;/m00../s1. The van der Waals surface area contributed by atoms with Crippen LogP contribution in [0.5, 0.6) is 0 Å². The van der Waals surface area contributed by atoms with E-state index in [0.29, 0.717) is 41.8 Å². The number of aliphatic hydroxyl groups excluding tert-OH is 2. The molecule has 12 rings (SSSR count). The fourth-order valence-corrected chi connectivity index (χ4v) is 12.4. The van der Waals surface area contributed by atoms with Gasteiger partial charge in [-0.25, -0.2) is 29.9 Å².